The molecule has 0 unspecified atom stereocenters. The highest BCUT2D eigenvalue weighted by molar-refractivity contribution is 6.06. The van der Waals surface area contributed by atoms with Crippen molar-refractivity contribution in [3.05, 3.63) is 30.2 Å². The van der Waals surface area contributed by atoms with Gasteiger partial charge in [0.2, 0.25) is 11.7 Å². The first-order valence-corrected chi connectivity index (χ1v) is 9.09. The molecule has 1 aromatic carbocycles. The lowest BCUT2D eigenvalue weighted by Crippen LogP contribution is -2.48. The molecule has 1 saturated heterocycles. The van der Waals surface area contributed by atoms with Crippen LogP contribution in [0.5, 0.6) is 5.75 Å². The molecule has 154 valence electrons. The van der Waals surface area contributed by atoms with Crippen molar-refractivity contribution in [2.45, 2.75) is 50.6 Å². The molecule has 0 atom stereocenters. The van der Waals surface area contributed by atoms with E-state index in [0.717, 1.165) is 36.3 Å². The lowest BCUT2D eigenvalue weighted by Gasteiger charge is -2.30. The van der Waals surface area contributed by atoms with Gasteiger partial charge in [0.1, 0.15) is 17.8 Å². The first-order valence-electron chi connectivity index (χ1n) is 9.09. The molecule has 1 spiro atoms. The smallest absolute Gasteiger partial charge is 0.406 e. The third kappa shape index (κ3) is 3.89. The molecule has 0 radical (unpaired) electrons. The van der Waals surface area contributed by atoms with E-state index < -0.39 is 17.9 Å². The number of imide groups is 1. The van der Waals surface area contributed by atoms with Gasteiger partial charge in [0.05, 0.1) is 0 Å². The number of ether oxygens (including phenoxy) is 1. The van der Waals surface area contributed by atoms with Crippen molar-refractivity contribution in [1.29, 1.82) is 0 Å². The second kappa shape index (κ2) is 7.05. The Labute approximate surface area is 163 Å². The number of rotatable bonds is 4. The van der Waals surface area contributed by atoms with Gasteiger partial charge in [-0.3, -0.25) is 9.69 Å². The third-order valence-electron chi connectivity index (χ3n) is 5.06. The molecule has 0 bridgehead atoms. The van der Waals surface area contributed by atoms with E-state index in [-0.39, 0.29) is 29.9 Å². The van der Waals surface area contributed by atoms with Gasteiger partial charge in [-0.15, -0.1) is 13.2 Å². The molecule has 29 heavy (non-hydrogen) atoms. The largest absolute Gasteiger partial charge is 0.573 e. The fourth-order valence-corrected chi connectivity index (χ4v) is 3.69. The summed E-state index contributed by atoms with van der Waals surface area (Å²) in [6, 6.07) is 4.46. The molecule has 2 aliphatic rings. The second-order valence-electron chi connectivity index (χ2n) is 7.05. The number of carbonyl (C=O) groups excluding carboxylic acids is 2. The number of benzene rings is 1. The minimum atomic E-state index is -4.78. The molecule has 8 nitrogen and oxygen atoms in total. The van der Waals surface area contributed by atoms with E-state index >= 15 is 0 Å². The van der Waals surface area contributed by atoms with Crippen LogP contribution in [0.15, 0.2) is 28.8 Å². The highest BCUT2D eigenvalue weighted by atomic mass is 19.4. The number of nitrogens with zero attached hydrogens (tertiary/aromatic N) is 3. The fraction of sp³-hybridized carbons (Fsp3) is 0.444. The molecule has 1 aliphatic carbocycles. The Morgan fingerprint density at radius 1 is 1.14 bits per heavy atom. The summed E-state index contributed by atoms with van der Waals surface area (Å²) < 4.78 is 45.6. The van der Waals surface area contributed by atoms with Gasteiger partial charge in [-0.2, -0.15) is 4.98 Å². The number of nitrogens with one attached hydrogen (secondary N) is 1. The number of urea groups is 1. The van der Waals surface area contributed by atoms with Gasteiger partial charge in [0.15, 0.2) is 0 Å². The standard InChI is InChI=1S/C18H17F3N4O4/c19-18(20,21)28-12-6-4-11(5-7-12)14-22-13(29-24-14)10-25-15(26)17(23-16(25)27)8-2-1-3-9-17/h4-7H,1-3,8-10H2,(H,23,27). The topological polar surface area (TPSA) is 97.6 Å². The number of hydrogen-bond donors (Lipinski definition) is 1. The van der Waals surface area contributed by atoms with Crippen LogP contribution in [-0.4, -0.2) is 38.9 Å². The molecule has 4 rings (SSSR count). The van der Waals surface area contributed by atoms with Crippen LogP contribution in [0.1, 0.15) is 38.0 Å². The molecule has 1 N–H and O–H groups in total. The summed E-state index contributed by atoms with van der Waals surface area (Å²) in [5.74, 6) is -0.498. The predicted molar refractivity (Wildman–Crippen MR) is 91.3 cm³/mol. The minimum absolute atomic E-state index is 0.0481. The van der Waals surface area contributed by atoms with Crippen molar-refractivity contribution < 1.29 is 32.0 Å². The average molecular weight is 410 g/mol. The molecular formula is C18H17F3N4O4. The Hall–Kier alpha value is -3.11. The zero-order chi connectivity index (χ0) is 20.6. The zero-order valence-electron chi connectivity index (χ0n) is 15.2. The summed E-state index contributed by atoms with van der Waals surface area (Å²) in [5, 5.41) is 6.56. The summed E-state index contributed by atoms with van der Waals surface area (Å²) in [4.78, 5) is 30.3. The van der Waals surface area contributed by atoms with E-state index in [2.05, 4.69) is 20.2 Å². The van der Waals surface area contributed by atoms with Gasteiger partial charge >= 0.3 is 12.4 Å². The lowest BCUT2D eigenvalue weighted by molar-refractivity contribution is -0.274. The van der Waals surface area contributed by atoms with Crippen LogP contribution in [0.25, 0.3) is 11.4 Å². The molecule has 2 aromatic rings. The highest BCUT2D eigenvalue weighted by Crippen LogP contribution is 2.34. The molecule has 11 heteroatoms. The number of amides is 3. The Balaban J connectivity index is 1.46. The van der Waals surface area contributed by atoms with Crippen molar-refractivity contribution in [1.82, 2.24) is 20.4 Å². The number of alkyl halides is 3. The van der Waals surface area contributed by atoms with Crippen LogP contribution in [0.3, 0.4) is 0 Å². The van der Waals surface area contributed by atoms with E-state index in [1.807, 2.05) is 0 Å². The molecule has 2 heterocycles. The first-order chi connectivity index (χ1) is 13.8. The number of hydrogen-bond acceptors (Lipinski definition) is 6. The van der Waals surface area contributed by atoms with Gasteiger partial charge in [-0.1, -0.05) is 24.4 Å². The van der Waals surface area contributed by atoms with Crippen LogP contribution >= 0.6 is 0 Å². The van der Waals surface area contributed by atoms with Crippen LogP contribution in [0.4, 0.5) is 18.0 Å². The molecular weight excluding hydrogens is 393 g/mol. The molecule has 2 fully saturated rings. The van der Waals surface area contributed by atoms with E-state index in [4.69, 9.17) is 4.52 Å². The summed E-state index contributed by atoms with van der Waals surface area (Å²) in [5.41, 5.74) is -0.442. The van der Waals surface area contributed by atoms with Crippen molar-refractivity contribution >= 4 is 11.9 Å². The summed E-state index contributed by atoms with van der Waals surface area (Å²) in [7, 11) is 0. The molecule has 1 saturated carbocycles. The van der Waals surface area contributed by atoms with Gasteiger partial charge in [0, 0.05) is 5.56 Å². The maximum Gasteiger partial charge on any atom is 0.573 e. The molecule has 1 aliphatic heterocycles. The Bertz CT molecular complexity index is 920. The van der Waals surface area contributed by atoms with Crippen LogP contribution < -0.4 is 10.1 Å². The Morgan fingerprint density at radius 2 is 1.83 bits per heavy atom. The maximum atomic E-state index is 12.8. The van der Waals surface area contributed by atoms with Crippen molar-refractivity contribution in [3.63, 3.8) is 0 Å². The molecule has 1 aromatic heterocycles. The quantitative estimate of drug-likeness (QED) is 0.776. The van der Waals surface area contributed by atoms with E-state index in [0.29, 0.717) is 18.4 Å². The van der Waals surface area contributed by atoms with E-state index in [1.165, 1.54) is 12.1 Å². The highest BCUT2D eigenvalue weighted by Gasteiger charge is 2.51. The first kappa shape index (κ1) is 19.2. The number of aromatic nitrogens is 2. The summed E-state index contributed by atoms with van der Waals surface area (Å²) in [6.07, 6.45) is -0.785. The second-order valence-corrected chi connectivity index (χ2v) is 7.05. The predicted octanol–water partition coefficient (Wildman–Crippen LogP) is 3.39. The normalized spacial score (nSPS) is 18.9. The summed E-state index contributed by atoms with van der Waals surface area (Å²) >= 11 is 0. The number of halogens is 3. The average Bonchev–Trinajstić information content (AvgIpc) is 3.21. The summed E-state index contributed by atoms with van der Waals surface area (Å²) in [6.45, 7) is -0.172. The maximum absolute atomic E-state index is 12.8. The van der Waals surface area contributed by atoms with Gasteiger partial charge in [0.25, 0.3) is 5.91 Å². The lowest BCUT2D eigenvalue weighted by atomic mass is 9.82. The Kier molecular flexibility index (Phi) is 4.67. The van der Waals surface area contributed by atoms with Crippen LogP contribution in [-0.2, 0) is 11.3 Å². The fourth-order valence-electron chi connectivity index (χ4n) is 3.69. The van der Waals surface area contributed by atoms with Gasteiger partial charge in [-0.25, -0.2) is 4.79 Å². The zero-order valence-corrected chi connectivity index (χ0v) is 15.2. The van der Waals surface area contributed by atoms with Crippen LogP contribution in [0.2, 0.25) is 0 Å². The van der Waals surface area contributed by atoms with Crippen LogP contribution in [0, 0.1) is 0 Å². The molecule has 3 amide bonds. The van der Waals surface area contributed by atoms with Gasteiger partial charge in [-0.05, 0) is 37.1 Å². The van der Waals surface area contributed by atoms with E-state index in [9.17, 15) is 22.8 Å². The number of carbonyl (C=O) groups is 2. The SMILES string of the molecule is O=C1NC2(CCCCC2)C(=O)N1Cc1nc(-c2ccc(OC(F)(F)F)cc2)no1. The van der Waals surface area contributed by atoms with Gasteiger partial charge < -0.3 is 14.6 Å². The minimum Gasteiger partial charge on any atom is -0.406 e. The third-order valence-corrected chi connectivity index (χ3v) is 5.06. The van der Waals surface area contributed by atoms with E-state index in [1.54, 1.807) is 0 Å². The van der Waals surface area contributed by atoms with Crippen molar-refractivity contribution in [3.8, 4) is 17.1 Å². The monoisotopic (exact) mass is 410 g/mol. The van der Waals surface area contributed by atoms with Crippen molar-refractivity contribution in [2.24, 2.45) is 0 Å². The van der Waals surface area contributed by atoms with Crippen molar-refractivity contribution in [2.75, 3.05) is 0 Å². The Morgan fingerprint density at radius 3 is 2.48 bits per heavy atom.